The molecule has 0 aliphatic carbocycles. The summed E-state index contributed by atoms with van der Waals surface area (Å²) < 4.78 is 42.4. The largest absolute Gasteiger partial charge is 0.497 e. The van der Waals surface area contributed by atoms with Crippen LogP contribution in [0.25, 0.3) is 0 Å². The average molecular weight is 301 g/mol. The van der Waals surface area contributed by atoms with Gasteiger partial charge in [-0.05, 0) is 19.1 Å². The SMILES string of the molecule is COc1ccc(S(=O)(=O)N2CCOC(C)C2)c(OC)c1. The van der Waals surface area contributed by atoms with E-state index in [1.54, 1.807) is 12.1 Å². The van der Waals surface area contributed by atoms with Gasteiger partial charge >= 0.3 is 0 Å². The minimum atomic E-state index is -3.59. The Labute approximate surface area is 119 Å². The summed E-state index contributed by atoms with van der Waals surface area (Å²) in [5.41, 5.74) is 0. The number of hydrogen-bond donors (Lipinski definition) is 0. The Kier molecular flexibility index (Phi) is 4.52. The summed E-state index contributed by atoms with van der Waals surface area (Å²) in [4.78, 5) is 0.148. The zero-order valence-electron chi connectivity index (χ0n) is 11.8. The van der Waals surface area contributed by atoms with Crippen LogP contribution in [0.4, 0.5) is 0 Å². The van der Waals surface area contributed by atoms with E-state index in [-0.39, 0.29) is 16.7 Å². The molecule has 0 spiro atoms. The van der Waals surface area contributed by atoms with Crippen LogP contribution in [0.15, 0.2) is 23.1 Å². The fourth-order valence-corrected chi connectivity index (χ4v) is 3.77. The molecule has 1 saturated heterocycles. The molecule has 1 aromatic carbocycles. The molecule has 1 aliphatic rings. The number of morpholine rings is 1. The lowest BCUT2D eigenvalue weighted by Gasteiger charge is -2.30. The van der Waals surface area contributed by atoms with Crippen molar-refractivity contribution in [3.05, 3.63) is 18.2 Å². The van der Waals surface area contributed by atoms with Crippen molar-refractivity contribution in [3.8, 4) is 11.5 Å². The molecule has 0 N–H and O–H groups in total. The van der Waals surface area contributed by atoms with Gasteiger partial charge in [-0.3, -0.25) is 0 Å². The summed E-state index contributed by atoms with van der Waals surface area (Å²) in [6.07, 6.45) is -0.109. The molecule has 1 aromatic rings. The van der Waals surface area contributed by atoms with Crippen LogP contribution < -0.4 is 9.47 Å². The Balaban J connectivity index is 2.38. The molecule has 1 fully saturated rings. The summed E-state index contributed by atoms with van der Waals surface area (Å²) >= 11 is 0. The van der Waals surface area contributed by atoms with Crippen molar-refractivity contribution < 1.29 is 22.6 Å². The third-order valence-corrected chi connectivity index (χ3v) is 5.10. The smallest absolute Gasteiger partial charge is 0.246 e. The third kappa shape index (κ3) is 2.89. The lowest BCUT2D eigenvalue weighted by atomic mass is 10.3. The monoisotopic (exact) mass is 301 g/mol. The van der Waals surface area contributed by atoms with Crippen LogP contribution in [0.1, 0.15) is 6.92 Å². The first kappa shape index (κ1) is 15.1. The van der Waals surface area contributed by atoms with Crippen LogP contribution in [-0.2, 0) is 14.8 Å². The molecule has 0 radical (unpaired) electrons. The van der Waals surface area contributed by atoms with Gasteiger partial charge in [0.15, 0.2) is 0 Å². The summed E-state index contributed by atoms with van der Waals surface area (Å²) in [6, 6.07) is 4.68. The first-order chi connectivity index (χ1) is 9.48. The summed E-state index contributed by atoms with van der Waals surface area (Å²) in [5.74, 6) is 0.833. The number of nitrogens with zero attached hydrogens (tertiary/aromatic N) is 1. The second kappa shape index (κ2) is 5.99. The first-order valence-corrected chi connectivity index (χ1v) is 7.77. The van der Waals surface area contributed by atoms with E-state index >= 15 is 0 Å². The number of rotatable bonds is 4. The van der Waals surface area contributed by atoms with E-state index in [2.05, 4.69) is 0 Å². The highest BCUT2D eigenvalue weighted by molar-refractivity contribution is 7.89. The molecule has 0 saturated carbocycles. The zero-order chi connectivity index (χ0) is 14.8. The molecule has 1 aliphatic heterocycles. The van der Waals surface area contributed by atoms with Crippen LogP contribution in [-0.4, -0.2) is 52.7 Å². The van der Waals surface area contributed by atoms with Crippen LogP contribution >= 0.6 is 0 Å². The van der Waals surface area contributed by atoms with Crippen molar-refractivity contribution in [1.29, 1.82) is 0 Å². The van der Waals surface area contributed by atoms with Gasteiger partial charge in [-0.2, -0.15) is 4.31 Å². The van der Waals surface area contributed by atoms with Crippen molar-refractivity contribution in [3.63, 3.8) is 0 Å². The Bertz CT molecular complexity index is 572. The van der Waals surface area contributed by atoms with Gasteiger partial charge in [0.25, 0.3) is 0 Å². The average Bonchev–Trinajstić information content (AvgIpc) is 2.46. The van der Waals surface area contributed by atoms with E-state index in [1.165, 1.54) is 24.6 Å². The van der Waals surface area contributed by atoms with E-state index in [0.29, 0.717) is 25.4 Å². The van der Waals surface area contributed by atoms with Gasteiger partial charge in [0.2, 0.25) is 10.0 Å². The molecular formula is C13H19NO5S. The lowest BCUT2D eigenvalue weighted by Crippen LogP contribution is -2.44. The number of methoxy groups -OCH3 is 2. The molecule has 0 aromatic heterocycles. The van der Waals surface area contributed by atoms with E-state index in [0.717, 1.165) is 0 Å². The molecule has 0 bridgehead atoms. The van der Waals surface area contributed by atoms with Gasteiger partial charge in [-0.1, -0.05) is 0 Å². The minimum absolute atomic E-state index is 0.109. The van der Waals surface area contributed by atoms with Gasteiger partial charge < -0.3 is 14.2 Å². The van der Waals surface area contributed by atoms with Crippen molar-refractivity contribution >= 4 is 10.0 Å². The molecule has 20 heavy (non-hydrogen) atoms. The minimum Gasteiger partial charge on any atom is -0.497 e. The molecule has 6 nitrogen and oxygen atoms in total. The summed E-state index contributed by atoms with van der Waals surface area (Å²) in [5, 5.41) is 0. The number of hydrogen-bond acceptors (Lipinski definition) is 5. The first-order valence-electron chi connectivity index (χ1n) is 6.33. The molecule has 1 unspecified atom stereocenters. The van der Waals surface area contributed by atoms with E-state index < -0.39 is 10.0 Å². The highest BCUT2D eigenvalue weighted by Crippen LogP contribution is 2.31. The highest BCUT2D eigenvalue weighted by Gasteiger charge is 2.31. The van der Waals surface area contributed by atoms with Crippen molar-refractivity contribution in [2.75, 3.05) is 33.9 Å². The summed E-state index contributed by atoms with van der Waals surface area (Å²) in [7, 11) is -0.629. The second-order valence-corrected chi connectivity index (χ2v) is 6.47. The zero-order valence-corrected chi connectivity index (χ0v) is 12.6. The predicted octanol–water partition coefficient (Wildman–Crippen LogP) is 1.11. The van der Waals surface area contributed by atoms with Gasteiger partial charge in [0.05, 0.1) is 26.9 Å². The maximum atomic E-state index is 12.7. The Morgan fingerprint density at radius 2 is 2.05 bits per heavy atom. The third-order valence-electron chi connectivity index (χ3n) is 3.19. The highest BCUT2D eigenvalue weighted by atomic mass is 32.2. The second-order valence-electron chi connectivity index (χ2n) is 4.56. The number of ether oxygens (including phenoxy) is 3. The van der Waals surface area contributed by atoms with E-state index in [1.807, 2.05) is 6.92 Å². The van der Waals surface area contributed by atoms with Gasteiger partial charge in [-0.15, -0.1) is 0 Å². The van der Waals surface area contributed by atoms with E-state index in [9.17, 15) is 8.42 Å². The maximum absolute atomic E-state index is 12.7. The fraction of sp³-hybridized carbons (Fsp3) is 0.538. The topological polar surface area (TPSA) is 65.1 Å². The van der Waals surface area contributed by atoms with Crippen LogP contribution in [0.5, 0.6) is 11.5 Å². The molecule has 112 valence electrons. The molecule has 1 atom stereocenters. The normalized spacial score (nSPS) is 20.6. The van der Waals surface area contributed by atoms with Crippen molar-refractivity contribution in [2.24, 2.45) is 0 Å². The molecular weight excluding hydrogens is 282 g/mol. The Hall–Kier alpha value is -1.31. The van der Waals surface area contributed by atoms with Gasteiger partial charge in [0.1, 0.15) is 16.4 Å². The van der Waals surface area contributed by atoms with Crippen LogP contribution in [0.2, 0.25) is 0 Å². The van der Waals surface area contributed by atoms with Crippen LogP contribution in [0.3, 0.4) is 0 Å². The van der Waals surface area contributed by atoms with Gasteiger partial charge in [0, 0.05) is 19.2 Å². The fourth-order valence-electron chi connectivity index (χ4n) is 2.13. The van der Waals surface area contributed by atoms with Crippen molar-refractivity contribution in [2.45, 2.75) is 17.9 Å². The maximum Gasteiger partial charge on any atom is 0.246 e. The molecule has 0 amide bonds. The van der Waals surface area contributed by atoms with Crippen LogP contribution in [0, 0.1) is 0 Å². The molecule has 1 heterocycles. The van der Waals surface area contributed by atoms with E-state index in [4.69, 9.17) is 14.2 Å². The number of benzene rings is 1. The Morgan fingerprint density at radius 3 is 2.65 bits per heavy atom. The standard InChI is InChI=1S/C13H19NO5S/c1-10-9-14(6-7-19-10)20(15,16)13-5-4-11(17-2)8-12(13)18-3/h4-5,8,10H,6-7,9H2,1-3H3. The molecule has 7 heteroatoms. The van der Waals surface area contributed by atoms with Crippen molar-refractivity contribution in [1.82, 2.24) is 4.31 Å². The number of sulfonamides is 1. The van der Waals surface area contributed by atoms with Gasteiger partial charge in [-0.25, -0.2) is 8.42 Å². The predicted molar refractivity (Wildman–Crippen MR) is 73.7 cm³/mol. The Morgan fingerprint density at radius 1 is 1.30 bits per heavy atom. The lowest BCUT2D eigenvalue weighted by molar-refractivity contribution is 0.0101. The molecule has 2 rings (SSSR count). The quantitative estimate of drug-likeness (QED) is 0.833. The summed E-state index contributed by atoms with van der Waals surface area (Å²) in [6.45, 7) is 2.95.